The molecule has 1 aromatic rings. The van der Waals surface area contributed by atoms with E-state index >= 15 is 0 Å². The van der Waals surface area contributed by atoms with Gasteiger partial charge < -0.3 is 45.1 Å². The summed E-state index contributed by atoms with van der Waals surface area (Å²) in [6, 6.07) is 9.68. The number of para-hydroxylation sites is 1. The fourth-order valence-corrected chi connectivity index (χ4v) is 5.08. The third-order valence-electron chi connectivity index (χ3n) is 9.11. The molecule has 0 atom stereocenters. The van der Waals surface area contributed by atoms with Crippen LogP contribution in [0, 0.1) is 0 Å². The Balaban J connectivity index is -0.000000254. The summed E-state index contributed by atoms with van der Waals surface area (Å²) in [4.78, 5) is 57.5. The topological polar surface area (TPSA) is 174 Å². The molecule has 0 saturated heterocycles. The second-order valence-electron chi connectivity index (χ2n) is 15.6. The molecule has 69 heavy (non-hydrogen) atoms. The molecule has 2 amide bonds. The highest BCUT2D eigenvalue weighted by Gasteiger charge is 2.09. The Morgan fingerprint density at radius 3 is 1.51 bits per heavy atom. The molecule has 0 spiro atoms. The molecule has 14 nitrogen and oxygen atoms in total. The van der Waals surface area contributed by atoms with Gasteiger partial charge in [0.05, 0.1) is 46.7 Å². The summed E-state index contributed by atoms with van der Waals surface area (Å²) in [7, 11) is 8.44. The molecule has 14 heteroatoms. The van der Waals surface area contributed by atoms with Gasteiger partial charge in [-0.1, -0.05) is 127 Å². The van der Waals surface area contributed by atoms with Gasteiger partial charge in [-0.05, 0) is 98.8 Å². The molecule has 0 radical (unpaired) electrons. The number of esters is 3. The van der Waals surface area contributed by atoms with Crippen molar-refractivity contribution in [3.63, 3.8) is 0 Å². The van der Waals surface area contributed by atoms with Crippen LogP contribution in [0.4, 0.5) is 0 Å². The quantitative estimate of drug-likeness (QED) is 0.0189. The summed E-state index contributed by atoms with van der Waals surface area (Å²) < 4.78 is 19.4. The van der Waals surface area contributed by atoms with E-state index < -0.39 is 0 Å². The molecular formula is C55H101N5O9. The Bertz CT molecular complexity index is 1450. The lowest BCUT2D eigenvalue weighted by atomic mass is 10.1. The maximum atomic E-state index is 11.8. The van der Waals surface area contributed by atoms with Crippen LogP contribution in [-0.4, -0.2) is 122 Å². The summed E-state index contributed by atoms with van der Waals surface area (Å²) in [5.74, 6) is 0.258. The predicted octanol–water partition coefficient (Wildman–Crippen LogP) is 10.1. The van der Waals surface area contributed by atoms with Gasteiger partial charge in [-0.15, -0.1) is 0 Å². The fraction of sp³-hybridized carbons (Fsp3) is 0.655. The maximum Gasteiger partial charge on any atom is 0.307 e. The van der Waals surface area contributed by atoms with Crippen molar-refractivity contribution in [1.82, 2.24) is 26.2 Å². The van der Waals surface area contributed by atoms with E-state index in [-0.39, 0.29) is 29.7 Å². The van der Waals surface area contributed by atoms with Gasteiger partial charge in [0.1, 0.15) is 5.75 Å². The summed E-state index contributed by atoms with van der Waals surface area (Å²) in [6.07, 6.45) is 24.6. The van der Waals surface area contributed by atoms with Crippen molar-refractivity contribution in [2.45, 2.75) is 152 Å². The highest BCUT2D eigenvalue weighted by atomic mass is 16.5. The van der Waals surface area contributed by atoms with Crippen LogP contribution in [0.5, 0.6) is 5.75 Å². The first-order valence-corrected chi connectivity index (χ1v) is 25.3. The number of hydrogen-bond acceptors (Lipinski definition) is 12. The molecule has 0 aromatic heterocycles. The number of benzene rings is 1. The Morgan fingerprint density at radius 2 is 1.07 bits per heavy atom. The monoisotopic (exact) mass is 976 g/mol. The Labute approximate surface area is 421 Å². The highest BCUT2D eigenvalue weighted by Crippen LogP contribution is 2.06. The molecule has 400 valence electrons. The van der Waals surface area contributed by atoms with Gasteiger partial charge in [0.15, 0.2) is 0 Å². The molecule has 0 unspecified atom stereocenters. The minimum absolute atomic E-state index is 0.00577. The standard InChI is InChI=1S/C15H28N2O4.C14H24N2O2.C9H18.C7H8O.C5H11NO2.C5H12/c1-13(8-12-21-15(19)7-10-17-3)5-4-11-20-14(18)6-9-16-2;1-4-7-11-16(14(18)9-6-3)12-10-15-13(17)8-5-2;1-4-6-8-9(3)7-5-2;1-8-7-5-3-2-4-6-7;1-6-4-3-5(7)8-2;1-3-5-4-2/h5,16-17H,4,6-12H2,1-3H3;5-6,8-9H,4,7,10-12H2,1-3H3,(H,15,17);8H,4-7H2,1-3H3;2-6H,1H3;6H,3-4H2,1-2H3;3-5H2,1-2H3/b13-5-;;9-8-;;;. The maximum absolute atomic E-state index is 11.8. The number of ether oxygens (including phenoxy) is 4. The van der Waals surface area contributed by atoms with Crippen LogP contribution >= 0.6 is 0 Å². The number of nitrogens with zero attached hydrogens (tertiary/aromatic N) is 1. The molecule has 4 N–H and O–H groups in total. The van der Waals surface area contributed by atoms with Crippen LogP contribution < -0.4 is 26.0 Å². The molecule has 0 aliphatic rings. The minimum atomic E-state index is -0.186. The predicted molar refractivity (Wildman–Crippen MR) is 288 cm³/mol. The van der Waals surface area contributed by atoms with Crippen LogP contribution in [0.25, 0.3) is 0 Å². The van der Waals surface area contributed by atoms with Gasteiger partial charge in [-0.25, -0.2) is 0 Å². The molecule has 0 aliphatic heterocycles. The number of methoxy groups -OCH3 is 2. The number of hydrogen-bond donors (Lipinski definition) is 4. The number of nitrogens with one attached hydrogen (secondary N) is 4. The average molecular weight is 976 g/mol. The number of carbonyl (C=O) groups excluding carboxylic acids is 5. The molecule has 0 heterocycles. The lowest BCUT2D eigenvalue weighted by Crippen LogP contribution is -2.38. The largest absolute Gasteiger partial charge is 0.497 e. The number of allylic oxidation sites excluding steroid dienone is 4. The number of carbonyl (C=O) groups is 5. The highest BCUT2D eigenvalue weighted by molar-refractivity contribution is 5.88. The van der Waals surface area contributed by atoms with E-state index in [0.717, 1.165) is 30.7 Å². The van der Waals surface area contributed by atoms with E-state index in [2.05, 4.69) is 73.6 Å². The zero-order chi connectivity index (χ0) is 53.2. The van der Waals surface area contributed by atoms with Crippen molar-refractivity contribution >= 4 is 29.7 Å². The van der Waals surface area contributed by atoms with E-state index in [1.807, 2.05) is 50.3 Å². The second-order valence-corrected chi connectivity index (χ2v) is 15.6. The van der Waals surface area contributed by atoms with Gasteiger partial charge in [0.25, 0.3) is 0 Å². The van der Waals surface area contributed by atoms with Gasteiger partial charge in [-0.2, -0.15) is 0 Å². The van der Waals surface area contributed by atoms with Crippen molar-refractivity contribution < 1.29 is 42.9 Å². The van der Waals surface area contributed by atoms with Crippen molar-refractivity contribution in [2.24, 2.45) is 0 Å². The van der Waals surface area contributed by atoms with Gasteiger partial charge in [0, 0.05) is 45.7 Å². The second kappa shape index (κ2) is 61.2. The van der Waals surface area contributed by atoms with Crippen molar-refractivity contribution in [3.8, 4) is 5.75 Å². The molecule has 0 bridgehead atoms. The van der Waals surface area contributed by atoms with E-state index in [1.54, 1.807) is 63.9 Å². The van der Waals surface area contributed by atoms with E-state index in [1.165, 1.54) is 58.1 Å². The van der Waals surface area contributed by atoms with Crippen LogP contribution in [0.3, 0.4) is 0 Å². The fourth-order valence-electron chi connectivity index (χ4n) is 5.08. The van der Waals surface area contributed by atoms with Gasteiger partial charge in [0.2, 0.25) is 11.8 Å². The van der Waals surface area contributed by atoms with Gasteiger partial charge >= 0.3 is 17.9 Å². The third kappa shape index (κ3) is 63.2. The normalized spacial score (nSPS) is 10.5. The van der Waals surface area contributed by atoms with E-state index in [9.17, 15) is 24.0 Å². The zero-order valence-electron chi connectivity index (χ0n) is 46.0. The average Bonchev–Trinajstić information content (AvgIpc) is 3.35. The number of unbranched alkanes of at least 4 members (excludes halogenated alkanes) is 4. The minimum Gasteiger partial charge on any atom is -0.497 e. The van der Waals surface area contributed by atoms with Crippen molar-refractivity contribution in [3.05, 3.63) is 77.9 Å². The Hall–Kier alpha value is -4.79. The van der Waals surface area contributed by atoms with Gasteiger partial charge in [-0.3, -0.25) is 24.0 Å². The lowest BCUT2D eigenvalue weighted by Gasteiger charge is -2.21. The number of rotatable bonds is 30. The molecule has 0 saturated carbocycles. The molecule has 0 fully saturated rings. The first-order valence-electron chi connectivity index (χ1n) is 25.3. The Morgan fingerprint density at radius 1 is 0.565 bits per heavy atom. The molecule has 0 aliphatic carbocycles. The Kier molecular flexibility index (Phi) is 64.9. The van der Waals surface area contributed by atoms with E-state index in [0.29, 0.717) is 78.0 Å². The molecule has 1 aromatic carbocycles. The SMILES string of the molecule is CC=CC(=O)NCCN(CCCC)C(=O)C=CC.CCC/C=C(/C)CCC.CCCCC.CNCCC(=O)OC.CNCCC(=O)OCC/C=C(/C)CCOC(=O)CCNC.COc1ccccc1. The lowest BCUT2D eigenvalue weighted by molar-refractivity contribution is -0.144. The van der Waals surface area contributed by atoms with E-state index in [4.69, 9.17) is 14.2 Å². The first-order chi connectivity index (χ1) is 33.2. The van der Waals surface area contributed by atoms with Crippen molar-refractivity contribution in [2.75, 3.05) is 87.8 Å². The zero-order valence-corrected chi connectivity index (χ0v) is 46.0. The summed E-state index contributed by atoms with van der Waals surface area (Å²) in [5, 5.41) is 11.4. The van der Waals surface area contributed by atoms with Crippen LogP contribution in [-0.2, 0) is 38.2 Å². The molecular weight excluding hydrogens is 875 g/mol. The van der Waals surface area contributed by atoms with Crippen LogP contribution in [0.15, 0.2) is 77.9 Å². The molecule has 1 rings (SSSR count). The number of amides is 2. The van der Waals surface area contributed by atoms with Crippen molar-refractivity contribution in [1.29, 1.82) is 0 Å². The summed E-state index contributed by atoms with van der Waals surface area (Å²) in [6.45, 7) is 23.3. The van der Waals surface area contributed by atoms with Crippen LogP contribution in [0.1, 0.15) is 152 Å². The summed E-state index contributed by atoms with van der Waals surface area (Å²) in [5.41, 5.74) is 2.68. The third-order valence-corrected chi connectivity index (χ3v) is 9.11. The summed E-state index contributed by atoms with van der Waals surface area (Å²) >= 11 is 0. The van der Waals surface area contributed by atoms with Crippen LogP contribution in [0.2, 0.25) is 0 Å². The smallest absolute Gasteiger partial charge is 0.307 e. The first kappa shape index (κ1) is 73.2.